The quantitative estimate of drug-likeness (QED) is 0.232. The Morgan fingerprint density at radius 2 is 1.81 bits per heavy atom. The number of aryl methyl sites for hydroxylation is 3. The first-order valence-electron chi connectivity index (χ1n) is 17.6. The average Bonchev–Trinajstić information content (AvgIpc) is 3.67. The number of aromatic amines is 1. The number of likely N-dealkylation sites (tertiary alicyclic amines) is 1. The number of ether oxygens (including phenoxy) is 1. The van der Waals surface area contributed by atoms with E-state index in [1.54, 1.807) is 0 Å². The Kier molecular flexibility index (Phi) is 8.58. The zero-order chi connectivity index (χ0) is 32.8. The molecule has 2 N–H and O–H groups in total. The van der Waals surface area contributed by atoms with Crippen LogP contribution >= 0.6 is 0 Å². The number of rotatable bonds is 5. The van der Waals surface area contributed by atoms with E-state index in [1.807, 2.05) is 13.8 Å². The van der Waals surface area contributed by atoms with Gasteiger partial charge in [-0.05, 0) is 114 Å². The molecule has 2 amide bonds. The summed E-state index contributed by atoms with van der Waals surface area (Å²) in [5.74, 6) is 1.56. The first kappa shape index (κ1) is 31.5. The number of carbonyl (C=O) groups excluding carboxylic acids is 2. The molecular formula is C40H48N4O3. The Morgan fingerprint density at radius 1 is 1.00 bits per heavy atom. The van der Waals surface area contributed by atoms with E-state index < -0.39 is 12.1 Å². The number of nitrogens with zero attached hydrogens (tertiary/aromatic N) is 2. The third-order valence-electron chi connectivity index (χ3n) is 11.2. The molecular weight excluding hydrogens is 584 g/mol. The van der Waals surface area contributed by atoms with Gasteiger partial charge in [0.05, 0.1) is 24.2 Å². The summed E-state index contributed by atoms with van der Waals surface area (Å²) < 4.78 is 4.88. The molecule has 0 unspecified atom stereocenters. The SMILES string of the molecule is COC(=O)N[C@H](C(=O)N1[C@H](c2nc3ccc(-c4cc5ccc4C[C@@H](C)c4ccc(c(C)c4)CC5)cc3[nH]2)C[C@@H]2CCCC[C@@H]21)C(C)C. The lowest BCUT2D eigenvalue weighted by Crippen LogP contribution is -2.53. The highest BCUT2D eigenvalue weighted by atomic mass is 16.5. The molecule has 1 aliphatic heterocycles. The van der Waals surface area contributed by atoms with E-state index >= 15 is 0 Å². The lowest BCUT2D eigenvalue weighted by atomic mass is 9.84. The summed E-state index contributed by atoms with van der Waals surface area (Å²) in [4.78, 5) is 37.3. The minimum atomic E-state index is -0.656. The van der Waals surface area contributed by atoms with Crippen LogP contribution in [0, 0.1) is 18.8 Å². The molecule has 2 heterocycles. The highest BCUT2D eigenvalue weighted by molar-refractivity contribution is 5.87. The summed E-state index contributed by atoms with van der Waals surface area (Å²) in [6.45, 7) is 8.52. The lowest BCUT2D eigenvalue weighted by molar-refractivity contribution is -0.138. The molecule has 4 aromatic rings. The van der Waals surface area contributed by atoms with Gasteiger partial charge in [0.25, 0.3) is 0 Å². The molecule has 0 spiro atoms. The van der Waals surface area contributed by atoms with Crippen LogP contribution in [0.3, 0.4) is 0 Å². The van der Waals surface area contributed by atoms with Crippen molar-refractivity contribution in [2.45, 2.75) is 103 Å². The zero-order valence-electron chi connectivity index (χ0n) is 28.4. The number of alkyl carbamates (subject to hydrolysis) is 1. The van der Waals surface area contributed by atoms with Crippen molar-refractivity contribution < 1.29 is 14.3 Å². The number of fused-ring (bicyclic) bond motifs is 2. The normalized spacial score (nSPS) is 23.0. The van der Waals surface area contributed by atoms with Gasteiger partial charge >= 0.3 is 6.09 Å². The predicted octanol–water partition coefficient (Wildman–Crippen LogP) is 8.20. The van der Waals surface area contributed by atoms with Crippen LogP contribution in [0.5, 0.6) is 0 Å². The number of carbonyl (C=O) groups is 2. The van der Waals surface area contributed by atoms with Crippen LogP contribution in [0.2, 0.25) is 0 Å². The topological polar surface area (TPSA) is 87.3 Å². The molecule has 246 valence electrons. The Bertz CT molecular complexity index is 1810. The standard InChI is InChI=1S/C40H48N4O3/c1-23(2)37(43-40(46)47-5)39(45)44-35-9-7-6-8-31(35)22-36(44)38-41-33-17-16-30(21-34(33)42-38)32-20-26-10-12-27-14-15-28(18-24(27)3)25(4)19-29(32)13-11-26/h11,13-18,20-21,23,25,31,35-37H,6-10,12,19,22H2,1-5H3,(H,41,42)(H,43,46)/t25-,31+,35+,36+,37+/m1/s1. The summed E-state index contributed by atoms with van der Waals surface area (Å²) in [6.07, 6.45) is 7.74. The van der Waals surface area contributed by atoms with Crippen LogP contribution in [0.4, 0.5) is 4.79 Å². The van der Waals surface area contributed by atoms with Crippen LogP contribution in [0.15, 0.2) is 54.6 Å². The minimum absolute atomic E-state index is 0.0423. The number of imidazole rings is 1. The fraction of sp³-hybridized carbons (Fsp3) is 0.475. The molecule has 10 rings (SSSR count). The zero-order valence-corrected chi connectivity index (χ0v) is 28.4. The van der Waals surface area contributed by atoms with Crippen molar-refractivity contribution in [3.63, 3.8) is 0 Å². The van der Waals surface area contributed by atoms with Gasteiger partial charge in [-0.1, -0.05) is 76.1 Å². The number of amides is 2. The van der Waals surface area contributed by atoms with Crippen LogP contribution in [-0.4, -0.2) is 46.1 Å². The number of aromatic nitrogens is 2. The van der Waals surface area contributed by atoms with Crippen molar-refractivity contribution in [1.29, 1.82) is 0 Å². The van der Waals surface area contributed by atoms with Gasteiger partial charge in [0.2, 0.25) is 5.91 Å². The monoisotopic (exact) mass is 632 g/mol. The molecule has 0 radical (unpaired) electrons. The van der Waals surface area contributed by atoms with Gasteiger partial charge in [0.1, 0.15) is 11.9 Å². The van der Waals surface area contributed by atoms with E-state index in [1.165, 1.54) is 52.5 Å². The van der Waals surface area contributed by atoms with Crippen molar-refractivity contribution in [2.24, 2.45) is 11.8 Å². The first-order chi connectivity index (χ1) is 22.7. The van der Waals surface area contributed by atoms with Crippen molar-refractivity contribution in [1.82, 2.24) is 20.2 Å². The maximum atomic E-state index is 14.3. The second-order valence-corrected chi connectivity index (χ2v) is 14.6. The third kappa shape index (κ3) is 6.05. The average molecular weight is 633 g/mol. The highest BCUT2D eigenvalue weighted by Gasteiger charge is 2.48. The van der Waals surface area contributed by atoms with Gasteiger partial charge in [0, 0.05) is 6.04 Å². The predicted molar refractivity (Wildman–Crippen MR) is 186 cm³/mol. The summed E-state index contributed by atoms with van der Waals surface area (Å²) in [5.41, 5.74) is 11.3. The first-order valence-corrected chi connectivity index (χ1v) is 17.6. The molecule has 4 bridgehead atoms. The molecule has 5 aliphatic carbocycles. The third-order valence-corrected chi connectivity index (χ3v) is 11.2. The van der Waals surface area contributed by atoms with Crippen molar-refractivity contribution in [2.75, 3.05) is 7.11 Å². The van der Waals surface area contributed by atoms with Gasteiger partial charge < -0.3 is 19.9 Å². The van der Waals surface area contributed by atoms with Gasteiger partial charge in [-0.15, -0.1) is 0 Å². The molecule has 47 heavy (non-hydrogen) atoms. The fourth-order valence-electron chi connectivity index (χ4n) is 8.49. The molecule has 3 aromatic carbocycles. The van der Waals surface area contributed by atoms with E-state index in [0.717, 1.165) is 61.8 Å². The van der Waals surface area contributed by atoms with Gasteiger partial charge in [-0.25, -0.2) is 9.78 Å². The molecule has 2 fully saturated rings. The molecule has 1 aromatic heterocycles. The Hall–Kier alpha value is -4.13. The van der Waals surface area contributed by atoms with Gasteiger partial charge in [0.15, 0.2) is 0 Å². The van der Waals surface area contributed by atoms with Gasteiger partial charge in [-0.3, -0.25) is 4.79 Å². The molecule has 1 saturated carbocycles. The molecule has 5 atom stereocenters. The fourth-order valence-corrected chi connectivity index (χ4v) is 8.49. The molecule has 6 aliphatic rings. The molecule has 7 heteroatoms. The van der Waals surface area contributed by atoms with Crippen LogP contribution in [0.1, 0.15) is 98.5 Å². The maximum Gasteiger partial charge on any atom is 0.407 e. The summed E-state index contributed by atoms with van der Waals surface area (Å²) in [5, 5.41) is 2.82. The molecule has 7 nitrogen and oxygen atoms in total. The number of benzene rings is 3. The largest absolute Gasteiger partial charge is 0.453 e. The number of hydrogen-bond donors (Lipinski definition) is 2. The Balaban J connectivity index is 1.23. The minimum Gasteiger partial charge on any atom is -0.453 e. The number of nitrogens with one attached hydrogen (secondary N) is 2. The number of methoxy groups -OCH3 is 1. The summed E-state index contributed by atoms with van der Waals surface area (Å²) >= 11 is 0. The number of H-pyrrole nitrogens is 1. The van der Waals surface area contributed by atoms with E-state index in [-0.39, 0.29) is 23.9 Å². The second kappa shape index (κ2) is 12.8. The molecule has 1 saturated heterocycles. The van der Waals surface area contributed by atoms with Crippen LogP contribution < -0.4 is 5.32 Å². The van der Waals surface area contributed by atoms with E-state index in [2.05, 4.69) is 83.6 Å². The Morgan fingerprint density at radius 3 is 2.60 bits per heavy atom. The number of hydrogen-bond acceptors (Lipinski definition) is 4. The second-order valence-electron chi connectivity index (χ2n) is 14.6. The van der Waals surface area contributed by atoms with Crippen LogP contribution in [0.25, 0.3) is 22.2 Å². The lowest BCUT2D eigenvalue weighted by Gasteiger charge is -2.36. The van der Waals surface area contributed by atoms with Gasteiger partial charge in [-0.2, -0.15) is 0 Å². The van der Waals surface area contributed by atoms with E-state index in [9.17, 15) is 9.59 Å². The van der Waals surface area contributed by atoms with E-state index in [0.29, 0.717) is 11.8 Å². The summed E-state index contributed by atoms with van der Waals surface area (Å²) in [6, 6.07) is 20.0. The van der Waals surface area contributed by atoms with Crippen molar-refractivity contribution in [3.8, 4) is 11.1 Å². The maximum absolute atomic E-state index is 14.3. The van der Waals surface area contributed by atoms with Crippen molar-refractivity contribution >= 4 is 23.0 Å². The smallest absolute Gasteiger partial charge is 0.407 e. The van der Waals surface area contributed by atoms with Crippen LogP contribution in [-0.2, 0) is 28.8 Å². The highest BCUT2D eigenvalue weighted by Crippen LogP contribution is 2.46. The van der Waals surface area contributed by atoms with E-state index in [4.69, 9.17) is 9.72 Å². The summed E-state index contributed by atoms with van der Waals surface area (Å²) in [7, 11) is 1.34. The Labute approximate surface area is 278 Å². The van der Waals surface area contributed by atoms with Crippen molar-refractivity contribution in [3.05, 3.63) is 88.2 Å².